The number of hydrogen-bond acceptors (Lipinski definition) is 4. The van der Waals surface area contributed by atoms with Crippen LogP contribution in [0.2, 0.25) is 0 Å². The van der Waals surface area contributed by atoms with Gasteiger partial charge < -0.3 is 19.4 Å². The summed E-state index contributed by atoms with van der Waals surface area (Å²) in [6, 6.07) is 9.25. The molecule has 3 heterocycles. The van der Waals surface area contributed by atoms with Gasteiger partial charge in [-0.1, -0.05) is 6.42 Å². The molecule has 5 heteroatoms. The molecule has 3 saturated heterocycles. The highest BCUT2D eigenvalue weighted by molar-refractivity contribution is 5.96. The molecule has 3 aliphatic heterocycles. The van der Waals surface area contributed by atoms with E-state index in [9.17, 15) is 4.79 Å². The number of hydrogen-bond donors (Lipinski definition) is 0. The minimum atomic E-state index is 0.266. The normalized spacial score (nSPS) is 25.9. The zero-order valence-electron chi connectivity index (χ0n) is 18.7. The summed E-state index contributed by atoms with van der Waals surface area (Å²) in [5.74, 6) is 1.18. The van der Waals surface area contributed by atoms with Crippen molar-refractivity contribution in [2.24, 2.45) is 0 Å². The second kappa shape index (κ2) is 10.6. The molecule has 1 amide bonds. The van der Waals surface area contributed by atoms with Gasteiger partial charge >= 0.3 is 0 Å². The van der Waals surface area contributed by atoms with Gasteiger partial charge in [-0.25, -0.2) is 0 Å². The molecule has 0 aliphatic carbocycles. The number of anilines is 1. The van der Waals surface area contributed by atoms with Crippen molar-refractivity contribution in [2.75, 3.05) is 44.2 Å². The van der Waals surface area contributed by atoms with E-state index in [4.69, 9.17) is 4.74 Å². The van der Waals surface area contributed by atoms with Crippen molar-refractivity contribution in [1.82, 2.24) is 9.80 Å². The molecule has 0 aromatic heterocycles. The van der Waals surface area contributed by atoms with Crippen LogP contribution in [-0.2, 0) is 4.79 Å². The minimum absolute atomic E-state index is 0.266. The van der Waals surface area contributed by atoms with Crippen molar-refractivity contribution in [3.8, 4) is 5.75 Å². The van der Waals surface area contributed by atoms with E-state index in [0.717, 1.165) is 43.5 Å². The van der Waals surface area contributed by atoms with Crippen molar-refractivity contribution >= 4 is 11.6 Å². The Morgan fingerprint density at radius 2 is 1.77 bits per heavy atom. The molecule has 3 aliphatic rings. The Morgan fingerprint density at radius 1 is 0.967 bits per heavy atom. The maximum atomic E-state index is 12.6. The van der Waals surface area contributed by atoms with Crippen LogP contribution in [-0.4, -0.2) is 67.1 Å². The zero-order chi connectivity index (χ0) is 20.8. The SMILES string of the molecule is CC1CCCN1CCCCOc1ccc(N2C(=O)CCC2CN2CCCCC2)cc1. The number of rotatable bonds is 9. The second-order valence-corrected chi connectivity index (χ2v) is 9.39. The summed E-state index contributed by atoms with van der Waals surface area (Å²) in [4.78, 5) is 19.7. The summed E-state index contributed by atoms with van der Waals surface area (Å²) >= 11 is 0. The minimum Gasteiger partial charge on any atom is -0.494 e. The van der Waals surface area contributed by atoms with Gasteiger partial charge in [-0.05, 0) is 102 Å². The average Bonchev–Trinajstić information content (AvgIpc) is 3.34. The number of amides is 1. The van der Waals surface area contributed by atoms with Crippen LogP contribution in [0.4, 0.5) is 5.69 Å². The maximum Gasteiger partial charge on any atom is 0.227 e. The Bertz CT molecular complexity index is 671. The van der Waals surface area contributed by atoms with Gasteiger partial charge in [0, 0.05) is 24.7 Å². The number of ether oxygens (including phenoxy) is 1. The van der Waals surface area contributed by atoms with Gasteiger partial charge in [0.2, 0.25) is 5.91 Å². The summed E-state index contributed by atoms with van der Waals surface area (Å²) in [5.41, 5.74) is 1.02. The lowest BCUT2D eigenvalue weighted by Crippen LogP contribution is -2.43. The maximum absolute atomic E-state index is 12.6. The standard InChI is InChI=1S/C25H39N3O2/c1-21-8-7-18-27(21)17-5-6-19-30-24-12-9-22(10-13-24)28-23(11-14-25(28)29)20-26-15-3-2-4-16-26/h9-10,12-13,21,23H,2-8,11,14-20H2,1H3. The van der Waals surface area contributed by atoms with E-state index < -0.39 is 0 Å². The van der Waals surface area contributed by atoms with Gasteiger partial charge in [-0.15, -0.1) is 0 Å². The highest BCUT2D eigenvalue weighted by atomic mass is 16.5. The Hall–Kier alpha value is -1.59. The highest BCUT2D eigenvalue weighted by Crippen LogP contribution is 2.29. The molecule has 0 saturated carbocycles. The molecule has 1 aromatic carbocycles. The van der Waals surface area contributed by atoms with E-state index in [1.54, 1.807) is 0 Å². The van der Waals surface area contributed by atoms with E-state index in [1.165, 1.54) is 64.7 Å². The van der Waals surface area contributed by atoms with Crippen LogP contribution in [0.25, 0.3) is 0 Å². The molecule has 1 aromatic rings. The number of unbranched alkanes of at least 4 members (excludes halogenated alkanes) is 1. The summed E-state index contributed by atoms with van der Waals surface area (Å²) in [6.07, 6.45) is 10.6. The smallest absolute Gasteiger partial charge is 0.227 e. The first-order valence-electron chi connectivity index (χ1n) is 12.2. The monoisotopic (exact) mass is 413 g/mol. The average molecular weight is 414 g/mol. The van der Waals surface area contributed by atoms with Crippen molar-refractivity contribution in [2.45, 2.75) is 76.8 Å². The van der Waals surface area contributed by atoms with E-state index >= 15 is 0 Å². The molecule has 2 unspecified atom stereocenters. The predicted octanol–water partition coefficient (Wildman–Crippen LogP) is 4.31. The van der Waals surface area contributed by atoms with Gasteiger partial charge in [0.15, 0.2) is 0 Å². The fourth-order valence-electron chi connectivity index (χ4n) is 5.35. The van der Waals surface area contributed by atoms with E-state index in [1.807, 2.05) is 17.0 Å². The number of piperidine rings is 1. The van der Waals surface area contributed by atoms with Crippen LogP contribution in [0, 0.1) is 0 Å². The van der Waals surface area contributed by atoms with E-state index in [-0.39, 0.29) is 5.91 Å². The molecule has 166 valence electrons. The van der Waals surface area contributed by atoms with Crippen LogP contribution in [0.15, 0.2) is 24.3 Å². The lowest BCUT2D eigenvalue weighted by molar-refractivity contribution is -0.117. The Kier molecular flexibility index (Phi) is 7.67. The molecule has 0 radical (unpaired) electrons. The van der Waals surface area contributed by atoms with Crippen LogP contribution < -0.4 is 9.64 Å². The summed E-state index contributed by atoms with van der Waals surface area (Å²) < 4.78 is 5.96. The largest absolute Gasteiger partial charge is 0.494 e. The van der Waals surface area contributed by atoms with Gasteiger partial charge in [0.1, 0.15) is 5.75 Å². The van der Waals surface area contributed by atoms with E-state index in [2.05, 4.69) is 28.9 Å². The number of carbonyl (C=O) groups excluding carboxylic acids is 1. The fourth-order valence-corrected chi connectivity index (χ4v) is 5.35. The molecule has 3 fully saturated rings. The van der Waals surface area contributed by atoms with Crippen LogP contribution >= 0.6 is 0 Å². The highest BCUT2D eigenvalue weighted by Gasteiger charge is 2.33. The van der Waals surface area contributed by atoms with Crippen LogP contribution in [0.3, 0.4) is 0 Å². The number of likely N-dealkylation sites (tertiary alicyclic amines) is 2. The van der Waals surface area contributed by atoms with Crippen molar-refractivity contribution in [1.29, 1.82) is 0 Å². The summed E-state index contributed by atoms with van der Waals surface area (Å²) in [6.45, 7) is 8.94. The Morgan fingerprint density at radius 3 is 2.50 bits per heavy atom. The first-order valence-corrected chi connectivity index (χ1v) is 12.2. The van der Waals surface area contributed by atoms with Gasteiger partial charge in [-0.2, -0.15) is 0 Å². The molecule has 2 atom stereocenters. The van der Waals surface area contributed by atoms with Crippen molar-refractivity contribution < 1.29 is 9.53 Å². The molecule has 0 bridgehead atoms. The topological polar surface area (TPSA) is 36.0 Å². The van der Waals surface area contributed by atoms with E-state index in [0.29, 0.717) is 12.5 Å². The molecular weight excluding hydrogens is 374 g/mol. The molecule has 0 spiro atoms. The van der Waals surface area contributed by atoms with Crippen LogP contribution in [0.5, 0.6) is 5.75 Å². The quantitative estimate of drug-likeness (QED) is 0.565. The van der Waals surface area contributed by atoms with Crippen molar-refractivity contribution in [3.05, 3.63) is 24.3 Å². The number of nitrogens with zero attached hydrogens (tertiary/aromatic N) is 3. The molecule has 30 heavy (non-hydrogen) atoms. The van der Waals surface area contributed by atoms with Gasteiger partial charge in [-0.3, -0.25) is 4.79 Å². The molecule has 0 N–H and O–H groups in total. The summed E-state index contributed by atoms with van der Waals surface area (Å²) in [7, 11) is 0. The third kappa shape index (κ3) is 5.55. The van der Waals surface area contributed by atoms with Gasteiger partial charge in [0.05, 0.1) is 12.6 Å². The predicted molar refractivity (Wildman–Crippen MR) is 122 cm³/mol. The lowest BCUT2D eigenvalue weighted by atomic mass is 10.1. The Labute approximate surface area is 182 Å². The lowest BCUT2D eigenvalue weighted by Gasteiger charge is -2.33. The molecular formula is C25H39N3O2. The first kappa shape index (κ1) is 21.6. The second-order valence-electron chi connectivity index (χ2n) is 9.39. The van der Waals surface area contributed by atoms with Crippen LogP contribution in [0.1, 0.15) is 64.7 Å². The summed E-state index contributed by atoms with van der Waals surface area (Å²) in [5, 5.41) is 0. The number of carbonyl (C=O) groups is 1. The van der Waals surface area contributed by atoms with Crippen molar-refractivity contribution in [3.63, 3.8) is 0 Å². The Balaban J connectivity index is 1.23. The molecule has 5 nitrogen and oxygen atoms in total. The third-order valence-electron chi connectivity index (χ3n) is 7.16. The first-order chi connectivity index (χ1) is 14.7. The number of benzene rings is 1. The molecule has 4 rings (SSSR count). The third-order valence-corrected chi connectivity index (χ3v) is 7.16. The van der Waals surface area contributed by atoms with Gasteiger partial charge in [0.25, 0.3) is 0 Å². The zero-order valence-corrected chi connectivity index (χ0v) is 18.7. The fraction of sp³-hybridized carbons (Fsp3) is 0.720.